The van der Waals surface area contributed by atoms with Gasteiger partial charge < -0.3 is 10.2 Å². The van der Waals surface area contributed by atoms with Crippen molar-refractivity contribution < 1.29 is 31.3 Å². The Morgan fingerprint density at radius 1 is 1.23 bits per heavy atom. The van der Waals surface area contributed by atoms with Crippen molar-refractivity contribution >= 4 is 0 Å². The average molecular weight is 354 g/mol. The Balaban J connectivity index is 0. The number of hydrogen-bond acceptors (Lipinski definition) is 2. The smallest absolute Gasteiger partial charge is 0.114 e. The normalized spacial score (nSPS) is 17.0. The van der Waals surface area contributed by atoms with E-state index in [-0.39, 0.29) is 39.0 Å². The van der Waals surface area contributed by atoms with Gasteiger partial charge in [-0.2, -0.15) is 0 Å². The zero-order valence-electron chi connectivity index (χ0n) is 8.40. The van der Waals surface area contributed by atoms with Crippen molar-refractivity contribution in [2.45, 2.75) is 39.4 Å². The summed E-state index contributed by atoms with van der Waals surface area (Å²) >= 11 is 0. The average Bonchev–Trinajstić information content (AvgIpc) is 2.02. The van der Waals surface area contributed by atoms with Crippen molar-refractivity contribution in [3.05, 3.63) is 0 Å². The van der Waals surface area contributed by atoms with Crippen LogP contribution in [0.15, 0.2) is 0 Å². The molecule has 0 bridgehead atoms. The van der Waals surface area contributed by atoms with E-state index in [0.29, 0.717) is 6.42 Å². The molecule has 3 atom stereocenters. The van der Waals surface area contributed by atoms with E-state index in [9.17, 15) is 5.11 Å². The molecule has 0 rings (SSSR count). The van der Waals surface area contributed by atoms with Crippen LogP contribution >= 0.6 is 0 Å². The van der Waals surface area contributed by atoms with Crippen LogP contribution in [0.2, 0.25) is 0 Å². The summed E-state index contributed by atoms with van der Waals surface area (Å²) < 4.78 is 0. The Labute approximate surface area is 95.0 Å². The van der Waals surface area contributed by atoms with E-state index in [1.807, 2.05) is 20.8 Å². The molecule has 0 amide bonds. The van der Waals surface area contributed by atoms with Gasteiger partial charge in [0.15, 0.2) is 0 Å². The molecular formula is C10H18O2W. The predicted molar refractivity (Wildman–Crippen MR) is 49.5 cm³/mol. The molecule has 0 aromatic heterocycles. The summed E-state index contributed by atoms with van der Waals surface area (Å²) in [7, 11) is 0. The second kappa shape index (κ2) is 7.56. The van der Waals surface area contributed by atoms with Gasteiger partial charge in [-0.1, -0.05) is 26.7 Å². The molecule has 0 saturated carbocycles. The molecule has 3 heteroatoms. The van der Waals surface area contributed by atoms with E-state index in [1.54, 1.807) is 0 Å². The van der Waals surface area contributed by atoms with E-state index in [0.717, 1.165) is 0 Å². The van der Waals surface area contributed by atoms with Crippen LogP contribution in [0.25, 0.3) is 0 Å². The SMILES string of the molecule is C#CC(O)C[C@@H](C)[C@@H](O)C(C)C.[W]. The van der Waals surface area contributed by atoms with Crippen LogP contribution < -0.4 is 0 Å². The number of rotatable bonds is 4. The molecule has 0 aromatic carbocycles. The Morgan fingerprint density at radius 3 is 2.00 bits per heavy atom. The van der Waals surface area contributed by atoms with E-state index in [1.165, 1.54) is 0 Å². The third-order valence-corrected chi connectivity index (χ3v) is 2.05. The zero-order valence-corrected chi connectivity index (χ0v) is 11.3. The van der Waals surface area contributed by atoms with Gasteiger partial charge in [-0.05, 0) is 18.3 Å². The molecule has 1 unspecified atom stereocenters. The fourth-order valence-electron chi connectivity index (χ4n) is 1.22. The van der Waals surface area contributed by atoms with Crippen LogP contribution in [0.1, 0.15) is 27.2 Å². The molecule has 2 N–H and O–H groups in total. The zero-order chi connectivity index (χ0) is 9.72. The monoisotopic (exact) mass is 354 g/mol. The third-order valence-electron chi connectivity index (χ3n) is 2.05. The quantitative estimate of drug-likeness (QED) is 0.741. The van der Waals surface area contributed by atoms with Gasteiger partial charge in [0.05, 0.1) is 6.10 Å². The topological polar surface area (TPSA) is 40.5 Å². The third kappa shape index (κ3) is 6.27. The van der Waals surface area contributed by atoms with Gasteiger partial charge in [0.2, 0.25) is 0 Å². The molecule has 0 aromatic rings. The maximum atomic E-state index is 9.56. The summed E-state index contributed by atoms with van der Waals surface area (Å²) in [6, 6.07) is 0. The molecule has 0 spiro atoms. The standard InChI is InChI=1S/C10H18O2.W/c1-5-9(11)6-8(4)10(12)7(2)3;/h1,7-12H,6H2,2-4H3;/t8-,9?,10+;/m1./s1. The number of hydrogen-bond donors (Lipinski definition) is 2. The van der Waals surface area contributed by atoms with Crippen molar-refractivity contribution in [1.29, 1.82) is 0 Å². The van der Waals surface area contributed by atoms with Crippen molar-refractivity contribution in [2.24, 2.45) is 11.8 Å². The van der Waals surface area contributed by atoms with Gasteiger partial charge in [-0.15, -0.1) is 6.42 Å². The summed E-state index contributed by atoms with van der Waals surface area (Å²) in [6.45, 7) is 5.79. The second-order valence-corrected chi connectivity index (χ2v) is 3.63. The van der Waals surface area contributed by atoms with E-state index in [4.69, 9.17) is 11.5 Å². The number of terminal acetylenes is 1. The van der Waals surface area contributed by atoms with Crippen LogP contribution in [0.3, 0.4) is 0 Å². The Morgan fingerprint density at radius 2 is 1.69 bits per heavy atom. The minimum Gasteiger partial charge on any atom is -0.393 e. The Hall–Kier alpha value is 0.168. The molecule has 0 radical (unpaired) electrons. The summed E-state index contributed by atoms with van der Waals surface area (Å²) in [5, 5.41) is 18.7. The summed E-state index contributed by atoms with van der Waals surface area (Å²) in [4.78, 5) is 0. The van der Waals surface area contributed by atoms with Gasteiger partial charge in [0.1, 0.15) is 6.10 Å². The predicted octanol–water partition coefficient (Wildman–Crippen LogP) is 1.02. The summed E-state index contributed by atoms with van der Waals surface area (Å²) in [5.41, 5.74) is 0. The first kappa shape index (κ1) is 15.6. The molecule has 0 aliphatic rings. The molecule has 13 heavy (non-hydrogen) atoms. The van der Waals surface area contributed by atoms with Crippen LogP contribution in [0.4, 0.5) is 0 Å². The van der Waals surface area contributed by atoms with E-state index >= 15 is 0 Å². The first-order valence-electron chi connectivity index (χ1n) is 4.31. The van der Waals surface area contributed by atoms with Crippen molar-refractivity contribution in [1.82, 2.24) is 0 Å². The van der Waals surface area contributed by atoms with Gasteiger partial charge >= 0.3 is 0 Å². The van der Waals surface area contributed by atoms with Crippen LogP contribution in [-0.2, 0) is 21.1 Å². The first-order valence-corrected chi connectivity index (χ1v) is 4.31. The van der Waals surface area contributed by atoms with Crippen LogP contribution in [-0.4, -0.2) is 22.4 Å². The van der Waals surface area contributed by atoms with Crippen molar-refractivity contribution in [3.63, 3.8) is 0 Å². The van der Waals surface area contributed by atoms with Gasteiger partial charge in [-0.25, -0.2) is 0 Å². The second-order valence-electron chi connectivity index (χ2n) is 3.63. The van der Waals surface area contributed by atoms with Crippen LogP contribution in [0, 0.1) is 24.2 Å². The molecule has 76 valence electrons. The minimum atomic E-state index is -0.728. The molecular weight excluding hydrogens is 336 g/mol. The largest absolute Gasteiger partial charge is 0.393 e. The minimum absolute atomic E-state index is 0. The first-order chi connectivity index (χ1) is 5.49. The van der Waals surface area contributed by atoms with Crippen molar-refractivity contribution in [2.75, 3.05) is 0 Å². The van der Waals surface area contributed by atoms with E-state index < -0.39 is 6.10 Å². The molecule has 0 aliphatic carbocycles. The molecule has 0 fully saturated rings. The fourth-order valence-corrected chi connectivity index (χ4v) is 1.22. The molecule has 2 nitrogen and oxygen atoms in total. The summed E-state index contributed by atoms with van der Waals surface area (Å²) in [5.74, 6) is 2.50. The molecule has 0 heterocycles. The fraction of sp³-hybridized carbons (Fsp3) is 0.800. The van der Waals surface area contributed by atoms with Gasteiger partial charge in [0, 0.05) is 21.1 Å². The Kier molecular flexibility index (Phi) is 9.09. The van der Waals surface area contributed by atoms with Crippen LogP contribution in [0.5, 0.6) is 0 Å². The maximum absolute atomic E-state index is 9.56. The van der Waals surface area contributed by atoms with Crippen molar-refractivity contribution in [3.8, 4) is 12.3 Å². The van der Waals surface area contributed by atoms with Gasteiger partial charge in [0.25, 0.3) is 0 Å². The van der Waals surface area contributed by atoms with Gasteiger partial charge in [-0.3, -0.25) is 0 Å². The summed E-state index contributed by atoms with van der Waals surface area (Å²) in [6.07, 6.45) is 4.37. The molecule has 0 aliphatic heterocycles. The Bertz CT molecular complexity index is 163. The maximum Gasteiger partial charge on any atom is 0.114 e. The number of aliphatic hydroxyl groups excluding tert-OH is 2. The van der Waals surface area contributed by atoms with E-state index in [2.05, 4.69) is 5.92 Å². The molecule has 0 saturated heterocycles. The number of aliphatic hydroxyl groups is 2.